The Balaban J connectivity index is 1.45. The minimum absolute atomic E-state index is 0.00514. The summed E-state index contributed by atoms with van der Waals surface area (Å²) in [6.45, 7) is -0.285. The Hall–Kier alpha value is -5.23. The number of carbonyl (C=O) groups is 5. The van der Waals surface area contributed by atoms with Crippen LogP contribution in [0.25, 0.3) is 0 Å². The van der Waals surface area contributed by atoms with Crippen molar-refractivity contribution >= 4 is 46.9 Å². The number of hydrazine groups is 1. The van der Waals surface area contributed by atoms with Crippen LogP contribution in [-0.2, 0) is 29.4 Å². The first kappa shape index (κ1) is 32.3. The van der Waals surface area contributed by atoms with Gasteiger partial charge in [0.25, 0.3) is 11.8 Å². The van der Waals surface area contributed by atoms with Gasteiger partial charge in [-0.1, -0.05) is 47.5 Å². The number of carbonyl (C=O) groups excluding carboxylic acids is 4. The standard InChI is InChI=1S/C36H31ClFN3O8/c1-49-27-4-2-3-24(31(27)44)30-22-13-14-23-29(34(47)40(32(23)45)16-15-28(42)43)25(22)17-26-33(46)41(39-21-11-9-20(38)10-12-21)35(48)36(26,30)18-5-7-19(37)8-6-18/h2-13,23,25-26,29-30,39,44H,14-17H2,1H3,(H,42,43). The number of fused-ring (bicyclic) bond motifs is 4. The fraction of sp³-hybridized carbons (Fsp3) is 0.306. The molecule has 4 aliphatic rings. The molecule has 0 aromatic heterocycles. The molecular formula is C36H31ClFN3O8. The van der Waals surface area contributed by atoms with Gasteiger partial charge in [-0.15, -0.1) is 0 Å². The number of phenols is 1. The van der Waals surface area contributed by atoms with Gasteiger partial charge < -0.3 is 14.9 Å². The zero-order valence-electron chi connectivity index (χ0n) is 26.1. The number of aromatic hydroxyl groups is 1. The van der Waals surface area contributed by atoms with Crippen LogP contribution in [-0.4, -0.2) is 63.4 Å². The number of carboxylic acid groups (broad SMARTS) is 1. The summed E-state index contributed by atoms with van der Waals surface area (Å²) in [4.78, 5) is 69.6. The highest BCUT2D eigenvalue weighted by Gasteiger charge is 2.70. The Morgan fingerprint density at radius 1 is 1.00 bits per heavy atom. The summed E-state index contributed by atoms with van der Waals surface area (Å²) in [7, 11) is 1.39. The Labute approximate surface area is 284 Å². The Morgan fingerprint density at radius 3 is 2.39 bits per heavy atom. The molecule has 0 spiro atoms. The number of amides is 4. The molecule has 3 aromatic rings. The quantitative estimate of drug-likeness (QED) is 0.227. The lowest BCUT2D eigenvalue weighted by Crippen LogP contribution is -2.53. The molecule has 49 heavy (non-hydrogen) atoms. The molecule has 3 N–H and O–H groups in total. The van der Waals surface area contributed by atoms with Crippen LogP contribution in [0.15, 0.2) is 78.4 Å². The van der Waals surface area contributed by atoms with Gasteiger partial charge in [-0.05, 0) is 66.8 Å². The van der Waals surface area contributed by atoms with E-state index < -0.39 is 76.8 Å². The van der Waals surface area contributed by atoms with E-state index in [2.05, 4.69) is 5.43 Å². The molecule has 2 saturated heterocycles. The van der Waals surface area contributed by atoms with E-state index in [0.717, 1.165) is 9.91 Å². The number of carboxylic acids is 1. The second-order valence-electron chi connectivity index (χ2n) is 12.7. The Kier molecular flexibility index (Phi) is 7.93. The van der Waals surface area contributed by atoms with Crippen molar-refractivity contribution in [2.45, 2.75) is 30.6 Å². The number of allylic oxidation sites excluding steroid dienone is 2. The number of benzene rings is 3. The molecule has 6 unspecified atom stereocenters. The monoisotopic (exact) mass is 687 g/mol. The van der Waals surface area contributed by atoms with E-state index in [-0.39, 0.29) is 42.1 Å². The van der Waals surface area contributed by atoms with Gasteiger partial charge in [0.15, 0.2) is 11.5 Å². The van der Waals surface area contributed by atoms with E-state index in [9.17, 15) is 33.8 Å². The molecule has 4 amide bonds. The number of hydrogen-bond acceptors (Lipinski definition) is 8. The Morgan fingerprint density at radius 2 is 1.71 bits per heavy atom. The number of para-hydroxylation sites is 1. The van der Waals surface area contributed by atoms with Gasteiger partial charge in [0, 0.05) is 23.0 Å². The number of anilines is 1. The average Bonchev–Trinajstić information content (AvgIpc) is 3.45. The van der Waals surface area contributed by atoms with Crippen LogP contribution in [0.1, 0.15) is 36.3 Å². The highest BCUT2D eigenvalue weighted by atomic mass is 35.5. The molecular weight excluding hydrogens is 657 g/mol. The van der Waals surface area contributed by atoms with Crippen LogP contribution >= 0.6 is 11.6 Å². The normalized spacial score (nSPS) is 27.4. The number of imide groups is 2. The number of ether oxygens (including phenoxy) is 1. The molecule has 3 fully saturated rings. The third-order valence-electron chi connectivity index (χ3n) is 10.5. The van der Waals surface area contributed by atoms with Crippen LogP contribution in [0.4, 0.5) is 10.1 Å². The topological polar surface area (TPSA) is 154 Å². The van der Waals surface area contributed by atoms with E-state index in [1.54, 1.807) is 42.5 Å². The van der Waals surface area contributed by atoms with E-state index >= 15 is 4.79 Å². The van der Waals surface area contributed by atoms with E-state index in [0.29, 0.717) is 16.2 Å². The molecule has 2 aliphatic heterocycles. The first-order chi connectivity index (χ1) is 23.5. The van der Waals surface area contributed by atoms with Crippen LogP contribution in [0, 0.1) is 29.5 Å². The highest BCUT2D eigenvalue weighted by Crippen LogP contribution is 2.65. The zero-order chi connectivity index (χ0) is 34.8. The average molecular weight is 688 g/mol. The van der Waals surface area contributed by atoms with Crippen molar-refractivity contribution in [3.63, 3.8) is 0 Å². The summed E-state index contributed by atoms with van der Waals surface area (Å²) in [5, 5.41) is 22.2. The first-order valence-corrected chi connectivity index (χ1v) is 16.2. The van der Waals surface area contributed by atoms with Gasteiger partial charge in [-0.3, -0.25) is 34.3 Å². The molecule has 13 heteroatoms. The molecule has 11 nitrogen and oxygen atoms in total. The number of nitrogens with one attached hydrogen (secondary N) is 1. The molecule has 0 radical (unpaired) electrons. The molecule has 7 rings (SSSR count). The third-order valence-corrected chi connectivity index (χ3v) is 10.7. The maximum Gasteiger partial charge on any atom is 0.305 e. The number of nitrogens with zero attached hydrogens (tertiary/aromatic N) is 2. The van der Waals surface area contributed by atoms with Crippen molar-refractivity contribution in [3.05, 3.63) is 100 Å². The number of aliphatic carboxylic acids is 1. The maximum atomic E-state index is 15.1. The third kappa shape index (κ3) is 4.87. The molecule has 2 heterocycles. The predicted molar refractivity (Wildman–Crippen MR) is 173 cm³/mol. The first-order valence-electron chi connectivity index (χ1n) is 15.8. The number of phenolic OH excluding ortho intramolecular Hbond substituents is 1. The van der Waals surface area contributed by atoms with Crippen LogP contribution < -0.4 is 10.2 Å². The summed E-state index contributed by atoms with van der Waals surface area (Å²) < 4.78 is 19.2. The summed E-state index contributed by atoms with van der Waals surface area (Å²) >= 11 is 6.30. The number of methoxy groups -OCH3 is 1. The minimum Gasteiger partial charge on any atom is -0.504 e. The molecule has 6 atom stereocenters. The van der Waals surface area contributed by atoms with E-state index in [1.807, 2.05) is 6.08 Å². The lowest BCUT2D eigenvalue weighted by Gasteiger charge is -2.50. The van der Waals surface area contributed by atoms with Gasteiger partial charge >= 0.3 is 5.97 Å². The fourth-order valence-corrected chi connectivity index (χ4v) is 8.56. The zero-order valence-corrected chi connectivity index (χ0v) is 26.9. The smallest absolute Gasteiger partial charge is 0.305 e. The largest absolute Gasteiger partial charge is 0.504 e. The van der Waals surface area contributed by atoms with Gasteiger partial charge in [0.1, 0.15) is 5.82 Å². The van der Waals surface area contributed by atoms with E-state index in [1.165, 1.54) is 31.4 Å². The van der Waals surface area contributed by atoms with Crippen molar-refractivity contribution in [2.75, 3.05) is 19.1 Å². The molecule has 2 aliphatic carbocycles. The van der Waals surface area contributed by atoms with Gasteiger partial charge in [-0.25, -0.2) is 4.39 Å². The minimum atomic E-state index is -1.68. The molecule has 0 bridgehead atoms. The summed E-state index contributed by atoms with van der Waals surface area (Å²) in [5.41, 5.74) is 2.78. The SMILES string of the molecule is COc1cccc(C2C3=CCC4C(=O)N(CCC(=O)O)C(=O)C4C3CC3C(=O)N(Nc4ccc(F)cc4)C(=O)C32c2ccc(Cl)cc2)c1O. The van der Waals surface area contributed by atoms with Gasteiger partial charge in [-0.2, -0.15) is 5.01 Å². The summed E-state index contributed by atoms with van der Waals surface area (Å²) in [5.74, 6) is -8.60. The van der Waals surface area contributed by atoms with Crippen molar-refractivity contribution in [3.8, 4) is 11.5 Å². The lowest BCUT2D eigenvalue weighted by atomic mass is 9.49. The summed E-state index contributed by atoms with van der Waals surface area (Å²) in [6.07, 6.45) is 1.53. The van der Waals surface area contributed by atoms with Crippen molar-refractivity contribution in [1.29, 1.82) is 0 Å². The van der Waals surface area contributed by atoms with Crippen LogP contribution in [0.2, 0.25) is 5.02 Å². The van der Waals surface area contributed by atoms with Crippen molar-refractivity contribution in [2.24, 2.45) is 23.7 Å². The summed E-state index contributed by atoms with van der Waals surface area (Å²) in [6, 6.07) is 16.5. The second kappa shape index (κ2) is 12.0. The van der Waals surface area contributed by atoms with Crippen LogP contribution in [0.3, 0.4) is 0 Å². The van der Waals surface area contributed by atoms with Gasteiger partial charge in [0.05, 0.1) is 42.4 Å². The number of hydrogen-bond donors (Lipinski definition) is 3. The number of rotatable bonds is 8. The van der Waals surface area contributed by atoms with Gasteiger partial charge in [0.2, 0.25) is 11.8 Å². The van der Waals surface area contributed by atoms with Crippen molar-refractivity contribution in [1.82, 2.24) is 9.91 Å². The number of halogens is 2. The maximum absolute atomic E-state index is 15.1. The Bertz CT molecular complexity index is 1930. The second-order valence-corrected chi connectivity index (χ2v) is 13.2. The highest BCUT2D eigenvalue weighted by molar-refractivity contribution is 6.30. The van der Waals surface area contributed by atoms with Crippen LogP contribution in [0.5, 0.6) is 11.5 Å². The number of likely N-dealkylation sites (tertiary alicyclic amines) is 1. The fourth-order valence-electron chi connectivity index (χ4n) is 8.43. The van der Waals surface area contributed by atoms with Crippen molar-refractivity contribution < 1.29 is 43.3 Å². The predicted octanol–water partition coefficient (Wildman–Crippen LogP) is 4.65. The molecule has 252 valence electrons. The molecule has 3 aromatic carbocycles. The van der Waals surface area contributed by atoms with E-state index in [4.69, 9.17) is 16.3 Å². The lowest BCUT2D eigenvalue weighted by molar-refractivity contribution is -0.143. The molecule has 1 saturated carbocycles.